The number of allylic oxidation sites excluding steroid dienone is 1. The van der Waals surface area contributed by atoms with Crippen LogP contribution in [0.5, 0.6) is 5.75 Å². The first-order valence-corrected chi connectivity index (χ1v) is 7.49. The summed E-state index contributed by atoms with van der Waals surface area (Å²) in [6.07, 6.45) is 1.84. The summed E-state index contributed by atoms with van der Waals surface area (Å²) in [4.78, 5) is 4.58. The summed E-state index contributed by atoms with van der Waals surface area (Å²) in [6.45, 7) is 2.56. The third-order valence-electron chi connectivity index (χ3n) is 3.63. The number of nitrogens with zero attached hydrogens (tertiary/aromatic N) is 3. The summed E-state index contributed by atoms with van der Waals surface area (Å²) < 4.78 is 7.45. The van der Waals surface area contributed by atoms with Gasteiger partial charge < -0.3 is 9.30 Å². The minimum absolute atomic E-state index is 0.525. The fraction of sp³-hybridized carbons (Fsp3) is 0.158. The molecule has 0 aliphatic heterocycles. The van der Waals surface area contributed by atoms with E-state index in [-0.39, 0.29) is 0 Å². The molecule has 4 heteroatoms. The molecule has 0 amide bonds. The Bertz CT molecular complexity index is 916. The molecule has 3 rings (SSSR count). The number of para-hydroxylation sites is 2. The zero-order valence-corrected chi connectivity index (χ0v) is 13.2. The second kappa shape index (κ2) is 6.37. The van der Waals surface area contributed by atoms with E-state index in [1.54, 1.807) is 0 Å². The van der Waals surface area contributed by atoms with E-state index in [1.165, 1.54) is 0 Å². The fourth-order valence-corrected chi connectivity index (χ4v) is 2.56. The summed E-state index contributed by atoms with van der Waals surface area (Å²) >= 11 is 0. The first-order valence-electron chi connectivity index (χ1n) is 7.49. The minimum Gasteiger partial charge on any atom is -0.494 e. The van der Waals surface area contributed by atoms with Crippen molar-refractivity contribution in [2.45, 2.75) is 6.92 Å². The summed E-state index contributed by atoms with van der Waals surface area (Å²) in [7, 11) is 1.92. The number of aryl methyl sites for hydroxylation is 1. The third kappa shape index (κ3) is 2.95. The third-order valence-corrected chi connectivity index (χ3v) is 3.63. The average Bonchev–Trinajstić information content (AvgIpc) is 2.91. The van der Waals surface area contributed by atoms with E-state index in [0.29, 0.717) is 18.0 Å². The smallest absolute Gasteiger partial charge is 0.151 e. The lowest BCUT2D eigenvalue weighted by atomic mass is 10.1. The number of rotatable bonds is 4. The zero-order valence-electron chi connectivity index (χ0n) is 13.2. The summed E-state index contributed by atoms with van der Waals surface area (Å²) in [5.41, 5.74) is 3.33. The number of ether oxygens (including phenoxy) is 1. The maximum Gasteiger partial charge on any atom is 0.151 e. The molecule has 1 aromatic heterocycles. The van der Waals surface area contributed by atoms with Gasteiger partial charge >= 0.3 is 0 Å². The molecular weight excluding hydrogens is 286 g/mol. The number of hydrogen-bond donors (Lipinski definition) is 0. The number of fused-ring (bicyclic) bond motifs is 1. The van der Waals surface area contributed by atoms with Crippen LogP contribution in [-0.4, -0.2) is 16.2 Å². The Morgan fingerprint density at radius 1 is 1.26 bits per heavy atom. The number of aromatic nitrogens is 2. The molecule has 0 fully saturated rings. The molecule has 1 heterocycles. The Morgan fingerprint density at radius 3 is 2.83 bits per heavy atom. The molecule has 4 nitrogen and oxygen atoms in total. The Labute approximate surface area is 135 Å². The van der Waals surface area contributed by atoms with Crippen molar-refractivity contribution in [1.29, 1.82) is 5.26 Å². The van der Waals surface area contributed by atoms with Crippen molar-refractivity contribution in [3.05, 3.63) is 59.9 Å². The number of imidazole rings is 1. The van der Waals surface area contributed by atoms with Gasteiger partial charge in [0.1, 0.15) is 11.8 Å². The minimum atomic E-state index is 0.525. The van der Waals surface area contributed by atoms with Crippen molar-refractivity contribution < 1.29 is 4.74 Å². The van der Waals surface area contributed by atoms with Crippen LogP contribution in [-0.2, 0) is 7.05 Å². The van der Waals surface area contributed by atoms with E-state index in [9.17, 15) is 5.26 Å². The Kier molecular flexibility index (Phi) is 4.11. The van der Waals surface area contributed by atoms with Crippen LogP contribution in [0.4, 0.5) is 0 Å². The molecule has 2 aromatic carbocycles. The van der Waals surface area contributed by atoms with E-state index >= 15 is 0 Å². The van der Waals surface area contributed by atoms with Crippen LogP contribution in [0.15, 0.2) is 48.5 Å². The van der Waals surface area contributed by atoms with Gasteiger partial charge in [-0.1, -0.05) is 24.3 Å². The van der Waals surface area contributed by atoms with E-state index in [2.05, 4.69) is 11.1 Å². The van der Waals surface area contributed by atoms with Gasteiger partial charge in [0.05, 0.1) is 23.2 Å². The summed E-state index contributed by atoms with van der Waals surface area (Å²) in [5, 5.41) is 9.56. The van der Waals surface area contributed by atoms with Gasteiger partial charge in [-0.15, -0.1) is 0 Å². The van der Waals surface area contributed by atoms with E-state index in [0.717, 1.165) is 22.3 Å². The van der Waals surface area contributed by atoms with E-state index in [1.807, 2.05) is 73.1 Å². The van der Waals surface area contributed by atoms with Gasteiger partial charge in [-0.2, -0.15) is 5.26 Å². The summed E-state index contributed by atoms with van der Waals surface area (Å²) in [5.74, 6) is 1.46. The lowest BCUT2D eigenvalue weighted by Gasteiger charge is -2.04. The van der Waals surface area contributed by atoms with Crippen molar-refractivity contribution in [2.24, 2.45) is 7.05 Å². The standard InChI is InChI=1S/C19H17N3O/c1-3-23-16-8-6-7-14(12-16)11-15(13-20)19-21-17-9-4-5-10-18(17)22(19)2/h4-12H,3H2,1-2H3/b15-11+. The molecule has 0 N–H and O–H groups in total. The molecule has 0 aliphatic rings. The Balaban J connectivity index is 2.06. The quantitative estimate of drug-likeness (QED) is 0.684. The number of hydrogen-bond acceptors (Lipinski definition) is 3. The first-order chi connectivity index (χ1) is 11.2. The molecule has 114 valence electrons. The highest BCUT2D eigenvalue weighted by Gasteiger charge is 2.11. The van der Waals surface area contributed by atoms with Crippen LogP contribution in [0.1, 0.15) is 18.3 Å². The molecule has 3 aromatic rings. The van der Waals surface area contributed by atoms with Gasteiger partial charge in [0.25, 0.3) is 0 Å². The normalized spacial score (nSPS) is 11.4. The van der Waals surface area contributed by atoms with E-state index in [4.69, 9.17) is 4.74 Å². The molecule has 0 atom stereocenters. The van der Waals surface area contributed by atoms with Gasteiger partial charge in [-0.25, -0.2) is 4.98 Å². The SMILES string of the molecule is CCOc1cccc(/C=C(\C#N)c2nc3ccccc3n2C)c1. The average molecular weight is 303 g/mol. The second-order valence-electron chi connectivity index (χ2n) is 5.16. The Hall–Kier alpha value is -3.06. The molecule has 0 aliphatic carbocycles. The lowest BCUT2D eigenvalue weighted by molar-refractivity contribution is 0.340. The summed E-state index contributed by atoms with van der Waals surface area (Å²) in [6, 6.07) is 17.8. The lowest BCUT2D eigenvalue weighted by Crippen LogP contribution is -1.96. The van der Waals surface area contributed by atoms with Crippen molar-refractivity contribution in [3.8, 4) is 11.8 Å². The molecule has 0 saturated heterocycles. The molecule has 0 saturated carbocycles. The van der Waals surface area contributed by atoms with Gasteiger partial charge in [-0.3, -0.25) is 0 Å². The predicted molar refractivity (Wildman–Crippen MR) is 91.8 cm³/mol. The molecule has 0 bridgehead atoms. The largest absolute Gasteiger partial charge is 0.494 e. The zero-order chi connectivity index (χ0) is 16.2. The van der Waals surface area contributed by atoms with Crippen LogP contribution in [0.2, 0.25) is 0 Å². The van der Waals surface area contributed by atoms with Crippen molar-refractivity contribution >= 4 is 22.7 Å². The molecule has 23 heavy (non-hydrogen) atoms. The van der Waals surface area contributed by atoms with Crippen LogP contribution in [0, 0.1) is 11.3 Å². The monoisotopic (exact) mass is 303 g/mol. The van der Waals surface area contributed by atoms with Crippen molar-refractivity contribution in [1.82, 2.24) is 9.55 Å². The van der Waals surface area contributed by atoms with Crippen molar-refractivity contribution in [3.63, 3.8) is 0 Å². The molecule has 0 unspecified atom stereocenters. The molecule has 0 spiro atoms. The number of nitriles is 1. The first kappa shape index (κ1) is 14.9. The fourth-order valence-electron chi connectivity index (χ4n) is 2.56. The van der Waals surface area contributed by atoms with E-state index < -0.39 is 0 Å². The molecule has 0 radical (unpaired) electrons. The van der Waals surface area contributed by atoms with Gasteiger partial charge in [0.2, 0.25) is 0 Å². The number of benzene rings is 2. The van der Waals surface area contributed by atoms with Crippen LogP contribution in [0.25, 0.3) is 22.7 Å². The molecular formula is C19H17N3O. The van der Waals surface area contributed by atoms with Crippen molar-refractivity contribution in [2.75, 3.05) is 6.61 Å². The topological polar surface area (TPSA) is 50.8 Å². The Morgan fingerprint density at radius 2 is 2.09 bits per heavy atom. The van der Waals surface area contributed by atoms with Gasteiger partial charge in [-0.05, 0) is 42.8 Å². The highest BCUT2D eigenvalue weighted by molar-refractivity contribution is 5.90. The second-order valence-corrected chi connectivity index (χ2v) is 5.16. The van der Waals surface area contributed by atoms with Gasteiger partial charge in [0.15, 0.2) is 5.82 Å². The van der Waals surface area contributed by atoms with Crippen LogP contribution < -0.4 is 4.74 Å². The predicted octanol–water partition coefficient (Wildman–Crippen LogP) is 4.04. The highest BCUT2D eigenvalue weighted by Crippen LogP contribution is 2.23. The highest BCUT2D eigenvalue weighted by atomic mass is 16.5. The van der Waals surface area contributed by atoms with Gasteiger partial charge in [0, 0.05) is 7.05 Å². The van der Waals surface area contributed by atoms with Crippen LogP contribution in [0.3, 0.4) is 0 Å². The maximum atomic E-state index is 9.56. The maximum absolute atomic E-state index is 9.56. The van der Waals surface area contributed by atoms with Crippen LogP contribution >= 0.6 is 0 Å².